The third-order valence-corrected chi connectivity index (χ3v) is 2.08. The molecule has 2 rings (SSSR count). The molecular weight excluding hydrogens is 178 g/mol. The molecule has 0 fully saturated rings. The van der Waals surface area contributed by atoms with E-state index in [1.165, 1.54) is 0 Å². The van der Waals surface area contributed by atoms with E-state index in [1.807, 2.05) is 30.3 Å². The molecule has 1 heterocycles. The summed E-state index contributed by atoms with van der Waals surface area (Å²) < 4.78 is 5.52. The normalized spacial score (nSPS) is 12.4. The van der Waals surface area contributed by atoms with Crippen LogP contribution in [0, 0.1) is 0 Å². The molecule has 0 radical (unpaired) electrons. The molecule has 14 heavy (non-hydrogen) atoms. The highest BCUT2D eigenvalue weighted by Gasteiger charge is 2.08. The number of hydrogen-bond acceptors (Lipinski definition) is 2. The molecule has 0 amide bonds. The van der Waals surface area contributed by atoms with Crippen molar-refractivity contribution >= 4 is 11.0 Å². The molecule has 0 saturated carbocycles. The van der Waals surface area contributed by atoms with Crippen molar-refractivity contribution in [3.05, 3.63) is 46.5 Å². The molecule has 0 aliphatic carbocycles. The fourth-order valence-corrected chi connectivity index (χ4v) is 1.34. The summed E-state index contributed by atoms with van der Waals surface area (Å²) in [6.07, 6.45) is 0. The van der Waals surface area contributed by atoms with Gasteiger partial charge in [0.2, 0.25) is 0 Å². The van der Waals surface area contributed by atoms with E-state index < -0.39 is 0 Å². The molecule has 0 spiro atoms. The highest BCUT2D eigenvalue weighted by Crippen LogP contribution is 2.25. The van der Waals surface area contributed by atoms with Crippen LogP contribution in [0.3, 0.4) is 0 Å². The van der Waals surface area contributed by atoms with Crippen LogP contribution in [-0.4, -0.2) is 0 Å². The van der Waals surface area contributed by atoms with Gasteiger partial charge in [-0.3, -0.25) is 0 Å². The third-order valence-electron chi connectivity index (χ3n) is 2.08. The predicted molar refractivity (Wildman–Crippen MR) is 53.8 cm³/mol. The molecule has 4 nitrogen and oxygen atoms in total. The fraction of sp³-hybridized carbons (Fsp3) is 0.200. The lowest BCUT2D eigenvalue weighted by atomic mass is 10.2. The minimum absolute atomic E-state index is 0.257. The van der Waals surface area contributed by atoms with E-state index in [4.69, 9.17) is 9.95 Å². The van der Waals surface area contributed by atoms with Crippen molar-refractivity contribution in [3.8, 4) is 0 Å². The summed E-state index contributed by atoms with van der Waals surface area (Å²) in [5.41, 5.74) is 9.11. The molecule has 2 aromatic rings. The molecule has 0 saturated heterocycles. The number of furan rings is 1. The van der Waals surface area contributed by atoms with Crippen molar-refractivity contribution in [1.82, 2.24) is 0 Å². The SMILES string of the molecule is CC(N=[N+]=[N-])c1cc2ccccc2o1. The van der Waals surface area contributed by atoms with Gasteiger partial charge in [0.1, 0.15) is 11.3 Å². The Morgan fingerprint density at radius 2 is 2.21 bits per heavy atom. The first-order valence-electron chi connectivity index (χ1n) is 4.34. The molecule has 1 aromatic heterocycles. The van der Waals surface area contributed by atoms with E-state index in [0.29, 0.717) is 5.76 Å². The van der Waals surface area contributed by atoms with Gasteiger partial charge in [0.25, 0.3) is 0 Å². The van der Waals surface area contributed by atoms with Crippen molar-refractivity contribution in [2.45, 2.75) is 13.0 Å². The standard InChI is InChI=1S/C10H9N3O/c1-7(12-13-11)10-6-8-4-2-3-5-9(8)14-10/h2-7H,1H3. The number of rotatable bonds is 2. The van der Waals surface area contributed by atoms with Crippen LogP contribution >= 0.6 is 0 Å². The van der Waals surface area contributed by atoms with Gasteiger partial charge < -0.3 is 4.42 Å². The summed E-state index contributed by atoms with van der Waals surface area (Å²) in [6.45, 7) is 1.80. The Morgan fingerprint density at radius 1 is 1.43 bits per heavy atom. The van der Waals surface area contributed by atoms with Crippen molar-refractivity contribution in [3.63, 3.8) is 0 Å². The highest BCUT2D eigenvalue weighted by atomic mass is 16.3. The average molecular weight is 187 g/mol. The molecule has 0 bridgehead atoms. The predicted octanol–water partition coefficient (Wildman–Crippen LogP) is 3.80. The van der Waals surface area contributed by atoms with Crippen LogP contribution in [0.5, 0.6) is 0 Å². The molecular formula is C10H9N3O. The first-order chi connectivity index (χ1) is 6.81. The first-order valence-corrected chi connectivity index (χ1v) is 4.34. The topological polar surface area (TPSA) is 61.9 Å². The lowest BCUT2D eigenvalue weighted by Gasteiger charge is -1.96. The van der Waals surface area contributed by atoms with Gasteiger partial charge in [-0.2, -0.15) is 0 Å². The lowest BCUT2D eigenvalue weighted by Crippen LogP contribution is -1.82. The van der Waals surface area contributed by atoms with Crippen molar-refractivity contribution in [2.24, 2.45) is 5.11 Å². The number of azide groups is 1. The molecule has 0 N–H and O–H groups in total. The maximum absolute atomic E-state index is 8.29. The van der Waals surface area contributed by atoms with Gasteiger partial charge in [-0.1, -0.05) is 23.3 Å². The second-order valence-electron chi connectivity index (χ2n) is 3.07. The quantitative estimate of drug-likeness (QED) is 0.400. The van der Waals surface area contributed by atoms with Gasteiger partial charge in [-0.05, 0) is 24.6 Å². The summed E-state index contributed by atoms with van der Waals surface area (Å²) >= 11 is 0. The number of hydrogen-bond donors (Lipinski definition) is 0. The summed E-state index contributed by atoms with van der Waals surface area (Å²) in [5.74, 6) is 0.698. The van der Waals surface area contributed by atoms with E-state index in [1.54, 1.807) is 6.92 Å². The Hall–Kier alpha value is -1.93. The monoisotopic (exact) mass is 187 g/mol. The van der Waals surface area contributed by atoms with Gasteiger partial charge in [0.05, 0.1) is 6.04 Å². The Labute approximate surface area is 80.8 Å². The van der Waals surface area contributed by atoms with Crippen molar-refractivity contribution in [2.75, 3.05) is 0 Å². The van der Waals surface area contributed by atoms with Crippen LogP contribution in [0.1, 0.15) is 18.7 Å². The van der Waals surface area contributed by atoms with Gasteiger partial charge in [0.15, 0.2) is 0 Å². The van der Waals surface area contributed by atoms with Crippen molar-refractivity contribution < 1.29 is 4.42 Å². The Kier molecular flexibility index (Phi) is 2.13. The zero-order valence-electron chi connectivity index (χ0n) is 7.71. The van der Waals surface area contributed by atoms with Gasteiger partial charge in [-0.25, -0.2) is 0 Å². The first kappa shape index (κ1) is 8.66. The Morgan fingerprint density at radius 3 is 2.93 bits per heavy atom. The molecule has 1 unspecified atom stereocenters. The summed E-state index contributed by atoms with van der Waals surface area (Å²) in [7, 11) is 0. The largest absolute Gasteiger partial charge is 0.461 e. The zero-order valence-corrected chi connectivity index (χ0v) is 7.71. The maximum atomic E-state index is 8.29. The van der Waals surface area contributed by atoms with Gasteiger partial charge >= 0.3 is 0 Å². The van der Waals surface area contributed by atoms with E-state index in [9.17, 15) is 0 Å². The second kappa shape index (κ2) is 3.44. The number of para-hydroxylation sites is 1. The van der Waals surface area contributed by atoms with E-state index in [2.05, 4.69) is 10.0 Å². The number of fused-ring (bicyclic) bond motifs is 1. The van der Waals surface area contributed by atoms with Crippen molar-refractivity contribution in [1.29, 1.82) is 0 Å². The van der Waals surface area contributed by atoms with E-state index in [0.717, 1.165) is 11.0 Å². The fourth-order valence-electron chi connectivity index (χ4n) is 1.34. The summed E-state index contributed by atoms with van der Waals surface area (Å²) in [6, 6.07) is 9.35. The summed E-state index contributed by atoms with van der Waals surface area (Å²) in [5, 5.41) is 4.61. The van der Waals surface area contributed by atoms with Gasteiger partial charge in [-0.15, -0.1) is 0 Å². The van der Waals surface area contributed by atoms with Crippen LogP contribution < -0.4 is 0 Å². The smallest absolute Gasteiger partial charge is 0.134 e. The minimum Gasteiger partial charge on any atom is -0.461 e. The van der Waals surface area contributed by atoms with E-state index in [-0.39, 0.29) is 6.04 Å². The highest BCUT2D eigenvalue weighted by molar-refractivity contribution is 5.77. The summed E-state index contributed by atoms with van der Waals surface area (Å²) in [4.78, 5) is 2.75. The average Bonchev–Trinajstić information content (AvgIpc) is 2.61. The molecule has 0 aliphatic rings. The third kappa shape index (κ3) is 1.43. The minimum atomic E-state index is -0.257. The number of nitrogens with zero attached hydrogens (tertiary/aromatic N) is 3. The van der Waals surface area contributed by atoms with Crippen LogP contribution in [-0.2, 0) is 0 Å². The van der Waals surface area contributed by atoms with Crippen LogP contribution in [0.4, 0.5) is 0 Å². The molecule has 1 aromatic carbocycles. The Balaban J connectivity index is 2.49. The van der Waals surface area contributed by atoms with Crippen LogP contribution in [0.15, 0.2) is 39.9 Å². The molecule has 1 atom stereocenters. The van der Waals surface area contributed by atoms with E-state index >= 15 is 0 Å². The Bertz CT molecular complexity index is 464. The number of benzene rings is 1. The zero-order chi connectivity index (χ0) is 9.97. The second-order valence-corrected chi connectivity index (χ2v) is 3.07. The van der Waals surface area contributed by atoms with Crippen LogP contribution in [0.2, 0.25) is 0 Å². The molecule has 0 aliphatic heterocycles. The molecule has 70 valence electrons. The van der Waals surface area contributed by atoms with Crippen LogP contribution in [0.25, 0.3) is 21.4 Å². The van der Waals surface area contributed by atoms with Gasteiger partial charge in [0, 0.05) is 10.3 Å². The maximum Gasteiger partial charge on any atom is 0.134 e. The molecule has 4 heteroatoms. The lowest BCUT2D eigenvalue weighted by molar-refractivity contribution is 0.512.